The molecule has 0 aromatic heterocycles. The summed E-state index contributed by atoms with van der Waals surface area (Å²) in [5.41, 5.74) is 0. The fourth-order valence-corrected chi connectivity index (χ4v) is 6.46. The van der Waals surface area contributed by atoms with E-state index in [1.807, 2.05) is 0 Å². The van der Waals surface area contributed by atoms with Crippen molar-refractivity contribution in [3.8, 4) is 0 Å². The first-order chi connectivity index (χ1) is 28.4. The van der Waals surface area contributed by atoms with E-state index in [1.165, 1.54) is 19.3 Å². The quantitative estimate of drug-likeness (QED) is 0.0197. The number of aliphatic hydroxyl groups is 1. The first-order valence-corrected chi connectivity index (χ1v) is 24.7. The van der Waals surface area contributed by atoms with Crippen LogP contribution in [-0.2, 0) is 41.8 Å². The number of unbranched alkanes of at least 4 members (excludes halogenated alkanes) is 12. The Kier molecular flexibility index (Phi) is 38.0. The van der Waals surface area contributed by atoms with Gasteiger partial charge in [-0.15, -0.1) is 0 Å². The number of esters is 2. The highest BCUT2D eigenvalue weighted by atomic mass is 31.2. The molecular weight excluding hydrogens is 798 g/mol. The Morgan fingerprint density at radius 3 is 1.44 bits per heavy atom. The van der Waals surface area contributed by atoms with Crippen molar-refractivity contribution in [2.24, 2.45) is 0 Å². The van der Waals surface area contributed by atoms with E-state index in [1.54, 1.807) is 0 Å². The van der Waals surface area contributed by atoms with Gasteiger partial charge in [-0.25, -0.2) is 9.13 Å². The number of rotatable bonds is 40. The third-order valence-corrected chi connectivity index (χ3v) is 10.0. The van der Waals surface area contributed by atoms with Crippen molar-refractivity contribution in [3.63, 3.8) is 0 Å². The Labute approximate surface area is 354 Å². The standard InChI is InChI=1S/C44H76O13P2/c1-3-5-7-9-11-13-15-17-19-20-22-23-25-27-29-31-33-35-43(46)53-39-42(40-56-59(51,52)55-38-41(45)37-54-58(48,49)50)57-44(47)36-34-32-30-28-26-24-21-18-16-14-12-10-8-6-4-2/h5,7,11-14,17-19,21-23,41-42,45H,3-4,6,8-10,15-16,20,24-40H2,1-2H3,(H,51,52)(H2,48,49,50)/b7-5-,13-11-,14-12-,19-17-,21-18-,23-22-/t41-,42+/m0/s1. The predicted octanol–water partition coefficient (Wildman–Crippen LogP) is 11.0. The first kappa shape index (κ1) is 56.6. The molecule has 0 heterocycles. The number of phosphoric ester groups is 2. The first-order valence-electron chi connectivity index (χ1n) is 21.6. The van der Waals surface area contributed by atoms with Gasteiger partial charge in [0.1, 0.15) is 12.7 Å². The Morgan fingerprint density at radius 1 is 0.508 bits per heavy atom. The summed E-state index contributed by atoms with van der Waals surface area (Å²) in [6.07, 6.45) is 43.2. The van der Waals surface area contributed by atoms with Gasteiger partial charge in [0.05, 0.1) is 19.8 Å². The number of ether oxygens (including phenoxy) is 2. The highest BCUT2D eigenvalue weighted by Gasteiger charge is 2.28. The zero-order valence-corrected chi connectivity index (χ0v) is 37.6. The third-order valence-electron chi connectivity index (χ3n) is 8.57. The summed E-state index contributed by atoms with van der Waals surface area (Å²) in [6.45, 7) is 1.57. The van der Waals surface area contributed by atoms with Crippen molar-refractivity contribution in [1.82, 2.24) is 0 Å². The van der Waals surface area contributed by atoms with Gasteiger partial charge in [-0.05, 0) is 83.5 Å². The Balaban J connectivity index is 4.60. The van der Waals surface area contributed by atoms with Crippen molar-refractivity contribution in [2.45, 2.75) is 167 Å². The normalized spacial score (nSPS) is 14.7. The van der Waals surface area contributed by atoms with Gasteiger partial charge in [0, 0.05) is 12.8 Å². The SMILES string of the molecule is CC/C=C\C/C=C\C/C=C\C/C=C\CCCCCCC(=O)OC[C@H](COP(=O)(O)OC[C@@H](O)COP(=O)(O)O)OC(=O)CCCCCCC/C=C\C/C=C\CCCCC. The lowest BCUT2D eigenvalue weighted by molar-refractivity contribution is -0.161. The summed E-state index contributed by atoms with van der Waals surface area (Å²) >= 11 is 0. The molecule has 0 aliphatic rings. The molecule has 0 aliphatic heterocycles. The lowest BCUT2D eigenvalue weighted by atomic mass is 10.1. The zero-order valence-electron chi connectivity index (χ0n) is 35.8. The van der Waals surface area contributed by atoms with Crippen LogP contribution < -0.4 is 0 Å². The molecule has 0 fully saturated rings. The molecule has 0 spiro atoms. The Morgan fingerprint density at radius 2 is 0.932 bits per heavy atom. The van der Waals surface area contributed by atoms with E-state index in [9.17, 15) is 28.7 Å². The lowest BCUT2D eigenvalue weighted by Crippen LogP contribution is -2.30. The highest BCUT2D eigenvalue weighted by Crippen LogP contribution is 2.43. The molecule has 0 aliphatic carbocycles. The Bertz CT molecular complexity index is 1320. The van der Waals surface area contributed by atoms with Gasteiger partial charge in [0.2, 0.25) is 0 Å². The maximum Gasteiger partial charge on any atom is 0.472 e. The number of aliphatic hydroxyl groups excluding tert-OH is 1. The summed E-state index contributed by atoms with van der Waals surface area (Å²) in [5.74, 6) is -1.08. The van der Waals surface area contributed by atoms with Crippen LogP contribution in [0.5, 0.6) is 0 Å². The van der Waals surface area contributed by atoms with E-state index < -0.39 is 66.2 Å². The summed E-state index contributed by atoms with van der Waals surface area (Å²) in [7, 11) is -9.69. The molecule has 0 aromatic rings. The number of carbonyl (C=O) groups is 2. The second kappa shape index (κ2) is 39.7. The van der Waals surface area contributed by atoms with Crippen LogP contribution in [0.2, 0.25) is 0 Å². The molecule has 340 valence electrons. The molecule has 0 bridgehead atoms. The molecular formula is C44H76O13P2. The van der Waals surface area contributed by atoms with Crippen LogP contribution in [0.25, 0.3) is 0 Å². The topological polar surface area (TPSA) is 195 Å². The summed E-state index contributed by atoms with van der Waals surface area (Å²) < 4.78 is 47.7. The maximum atomic E-state index is 12.7. The Hall–Kier alpha value is -2.44. The third kappa shape index (κ3) is 43.5. The number of phosphoric acid groups is 2. The van der Waals surface area contributed by atoms with Gasteiger partial charge < -0.3 is 29.3 Å². The van der Waals surface area contributed by atoms with Crippen LogP contribution in [0.3, 0.4) is 0 Å². The second-order valence-electron chi connectivity index (χ2n) is 14.2. The van der Waals surface area contributed by atoms with E-state index in [2.05, 4.69) is 95.8 Å². The van der Waals surface area contributed by atoms with Gasteiger partial charge in [-0.3, -0.25) is 23.2 Å². The van der Waals surface area contributed by atoms with Gasteiger partial charge in [-0.1, -0.05) is 132 Å². The minimum Gasteiger partial charge on any atom is -0.462 e. The average Bonchev–Trinajstić information content (AvgIpc) is 3.19. The van der Waals surface area contributed by atoms with Crippen LogP contribution in [0.1, 0.15) is 155 Å². The molecule has 13 nitrogen and oxygen atoms in total. The second-order valence-corrected chi connectivity index (χ2v) is 16.9. The average molecular weight is 875 g/mol. The lowest BCUT2D eigenvalue weighted by Gasteiger charge is -2.20. The molecule has 0 rings (SSSR count). The fourth-order valence-electron chi connectivity index (χ4n) is 5.31. The van der Waals surface area contributed by atoms with Gasteiger partial charge in [-0.2, -0.15) is 0 Å². The van der Waals surface area contributed by atoms with E-state index in [-0.39, 0.29) is 12.8 Å². The minimum absolute atomic E-state index is 0.106. The summed E-state index contributed by atoms with van der Waals surface area (Å²) in [4.78, 5) is 52.7. The largest absolute Gasteiger partial charge is 0.472 e. The van der Waals surface area contributed by atoms with Crippen molar-refractivity contribution in [2.75, 3.05) is 26.4 Å². The molecule has 0 saturated heterocycles. The van der Waals surface area contributed by atoms with E-state index in [0.717, 1.165) is 96.3 Å². The summed E-state index contributed by atoms with van der Waals surface area (Å²) in [5, 5.41) is 9.74. The van der Waals surface area contributed by atoms with Gasteiger partial charge in [0.25, 0.3) is 0 Å². The zero-order chi connectivity index (χ0) is 43.7. The monoisotopic (exact) mass is 874 g/mol. The van der Waals surface area contributed by atoms with E-state index >= 15 is 0 Å². The van der Waals surface area contributed by atoms with Crippen LogP contribution >= 0.6 is 15.6 Å². The van der Waals surface area contributed by atoms with Crippen LogP contribution in [-0.4, -0.2) is 70.4 Å². The molecule has 15 heteroatoms. The van der Waals surface area contributed by atoms with Crippen LogP contribution in [0.4, 0.5) is 0 Å². The number of hydrogen-bond donors (Lipinski definition) is 4. The molecule has 0 amide bonds. The van der Waals surface area contributed by atoms with Crippen molar-refractivity contribution in [3.05, 3.63) is 72.9 Å². The minimum atomic E-state index is -4.87. The van der Waals surface area contributed by atoms with Crippen molar-refractivity contribution >= 4 is 27.6 Å². The van der Waals surface area contributed by atoms with Crippen molar-refractivity contribution < 1.29 is 61.6 Å². The number of allylic oxidation sites excluding steroid dienone is 12. The highest BCUT2D eigenvalue weighted by molar-refractivity contribution is 7.47. The molecule has 0 radical (unpaired) electrons. The van der Waals surface area contributed by atoms with Gasteiger partial charge in [0.15, 0.2) is 6.10 Å². The summed E-state index contributed by atoms with van der Waals surface area (Å²) in [6, 6.07) is 0. The van der Waals surface area contributed by atoms with Crippen LogP contribution in [0.15, 0.2) is 72.9 Å². The van der Waals surface area contributed by atoms with Crippen molar-refractivity contribution in [1.29, 1.82) is 0 Å². The fraction of sp³-hybridized carbons (Fsp3) is 0.682. The molecule has 1 unspecified atom stereocenters. The molecule has 4 N–H and O–H groups in total. The molecule has 0 aromatic carbocycles. The molecule has 59 heavy (non-hydrogen) atoms. The predicted molar refractivity (Wildman–Crippen MR) is 234 cm³/mol. The van der Waals surface area contributed by atoms with Crippen LogP contribution in [0, 0.1) is 0 Å². The molecule has 0 saturated carbocycles. The smallest absolute Gasteiger partial charge is 0.462 e. The maximum absolute atomic E-state index is 12.7. The van der Waals surface area contributed by atoms with Gasteiger partial charge >= 0.3 is 27.6 Å². The number of carbonyl (C=O) groups excluding carboxylic acids is 2. The van der Waals surface area contributed by atoms with E-state index in [0.29, 0.717) is 12.8 Å². The number of hydrogen-bond acceptors (Lipinski definition) is 10. The molecule has 3 atom stereocenters. The van der Waals surface area contributed by atoms with E-state index in [4.69, 9.17) is 23.8 Å².